The van der Waals surface area contributed by atoms with Crippen LogP contribution in [0.5, 0.6) is 5.88 Å². The van der Waals surface area contributed by atoms with Crippen molar-refractivity contribution in [2.45, 2.75) is 0 Å². The SMILES string of the molecule is O=C(O)c1cc(OCCO)nc(N2CCOCC2)n1. The summed E-state index contributed by atoms with van der Waals surface area (Å²) in [7, 11) is 0. The zero-order valence-corrected chi connectivity index (χ0v) is 10.3. The number of aliphatic hydroxyl groups is 1. The lowest BCUT2D eigenvalue weighted by atomic mass is 10.4. The number of nitrogens with zero attached hydrogens (tertiary/aromatic N) is 3. The number of aliphatic hydroxyl groups excluding tert-OH is 1. The first-order valence-corrected chi connectivity index (χ1v) is 5.89. The van der Waals surface area contributed by atoms with Crippen molar-refractivity contribution in [2.24, 2.45) is 0 Å². The summed E-state index contributed by atoms with van der Waals surface area (Å²) >= 11 is 0. The number of aromatic carboxylic acids is 1. The smallest absolute Gasteiger partial charge is 0.354 e. The van der Waals surface area contributed by atoms with Gasteiger partial charge in [0.15, 0.2) is 5.69 Å². The van der Waals surface area contributed by atoms with Crippen LogP contribution in [0.15, 0.2) is 6.07 Å². The Morgan fingerprint density at radius 1 is 1.42 bits per heavy atom. The van der Waals surface area contributed by atoms with Gasteiger partial charge in [-0.25, -0.2) is 9.78 Å². The fraction of sp³-hybridized carbons (Fsp3) is 0.545. The molecule has 2 heterocycles. The maximum atomic E-state index is 11.0. The zero-order chi connectivity index (χ0) is 13.7. The summed E-state index contributed by atoms with van der Waals surface area (Å²) < 4.78 is 10.4. The Labute approximate surface area is 109 Å². The van der Waals surface area contributed by atoms with Gasteiger partial charge in [-0.15, -0.1) is 0 Å². The predicted molar refractivity (Wildman–Crippen MR) is 64.6 cm³/mol. The van der Waals surface area contributed by atoms with Crippen LogP contribution in [-0.2, 0) is 4.74 Å². The second kappa shape index (κ2) is 6.30. The quantitative estimate of drug-likeness (QED) is 0.729. The van der Waals surface area contributed by atoms with Crippen LogP contribution in [0.1, 0.15) is 10.5 Å². The first kappa shape index (κ1) is 13.5. The van der Waals surface area contributed by atoms with E-state index in [4.69, 9.17) is 19.7 Å². The normalized spacial score (nSPS) is 15.3. The topological polar surface area (TPSA) is 105 Å². The van der Waals surface area contributed by atoms with Crippen LogP contribution in [0, 0.1) is 0 Å². The predicted octanol–water partition coefficient (Wildman–Crippen LogP) is -0.617. The summed E-state index contributed by atoms with van der Waals surface area (Å²) in [5.41, 5.74) is -0.135. The van der Waals surface area contributed by atoms with Gasteiger partial charge in [-0.3, -0.25) is 0 Å². The monoisotopic (exact) mass is 269 g/mol. The third-order valence-electron chi connectivity index (χ3n) is 2.55. The van der Waals surface area contributed by atoms with Gasteiger partial charge < -0.3 is 24.6 Å². The van der Waals surface area contributed by atoms with Crippen LogP contribution >= 0.6 is 0 Å². The van der Waals surface area contributed by atoms with Crippen LogP contribution in [0.3, 0.4) is 0 Å². The van der Waals surface area contributed by atoms with Gasteiger partial charge in [0.2, 0.25) is 11.8 Å². The molecule has 0 aliphatic carbocycles. The Morgan fingerprint density at radius 3 is 2.79 bits per heavy atom. The fourth-order valence-corrected chi connectivity index (χ4v) is 1.65. The van der Waals surface area contributed by atoms with Crippen LogP contribution in [0.2, 0.25) is 0 Å². The van der Waals surface area contributed by atoms with E-state index in [1.807, 2.05) is 4.90 Å². The molecule has 104 valence electrons. The molecule has 1 aliphatic heterocycles. The molecule has 0 aromatic carbocycles. The van der Waals surface area contributed by atoms with Crippen molar-refractivity contribution >= 4 is 11.9 Å². The minimum absolute atomic E-state index is 0.0542. The summed E-state index contributed by atoms with van der Waals surface area (Å²) in [5, 5.41) is 17.7. The molecule has 1 aliphatic rings. The first-order valence-electron chi connectivity index (χ1n) is 5.89. The highest BCUT2D eigenvalue weighted by Gasteiger charge is 2.18. The summed E-state index contributed by atoms with van der Waals surface area (Å²) in [6.07, 6.45) is 0. The van der Waals surface area contributed by atoms with Gasteiger partial charge in [-0.2, -0.15) is 4.98 Å². The van der Waals surface area contributed by atoms with Crippen LogP contribution < -0.4 is 9.64 Å². The largest absolute Gasteiger partial charge is 0.477 e. The minimum Gasteiger partial charge on any atom is -0.477 e. The fourth-order valence-electron chi connectivity index (χ4n) is 1.65. The average Bonchev–Trinajstić information content (AvgIpc) is 2.45. The maximum absolute atomic E-state index is 11.0. The highest BCUT2D eigenvalue weighted by molar-refractivity contribution is 5.86. The first-order chi connectivity index (χ1) is 9.20. The van der Waals surface area contributed by atoms with E-state index in [0.717, 1.165) is 0 Å². The maximum Gasteiger partial charge on any atom is 0.354 e. The zero-order valence-electron chi connectivity index (χ0n) is 10.3. The third-order valence-corrected chi connectivity index (χ3v) is 2.55. The van der Waals surface area contributed by atoms with Gasteiger partial charge >= 0.3 is 5.97 Å². The number of hydrogen-bond acceptors (Lipinski definition) is 7. The summed E-state index contributed by atoms with van der Waals surface area (Å²) in [6.45, 7) is 2.18. The van der Waals surface area contributed by atoms with E-state index < -0.39 is 5.97 Å². The molecule has 0 amide bonds. The number of morpholine rings is 1. The molecular formula is C11H15N3O5. The standard InChI is InChI=1S/C11H15N3O5/c15-3-6-19-9-7-8(10(16)17)12-11(13-9)14-1-4-18-5-2-14/h7,15H,1-6H2,(H,16,17). The number of carboxylic acid groups (broad SMARTS) is 1. The Kier molecular flexibility index (Phi) is 4.48. The second-order valence-corrected chi connectivity index (χ2v) is 3.87. The van der Waals surface area contributed by atoms with Crippen molar-refractivity contribution in [1.29, 1.82) is 0 Å². The van der Waals surface area contributed by atoms with E-state index in [0.29, 0.717) is 32.3 Å². The average molecular weight is 269 g/mol. The lowest BCUT2D eigenvalue weighted by Crippen LogP contribution is -2.37. The van der Waals surface area contributed by atoms with Gasteiger partial charge in [0.1, 0.15) is 6.61 Å². The van der Waals surface area contributed by atoms with Gasteiger partial charge in [0, 0.05) is 19.2 Å². The van der Waals surface area contributed by atoms with Crippen LogP contribution in [0.4, 0.5) is 5.95 Å². The molecule has 0 radical (unpaired) electrons. The summed E-state index contributed by atoms with van der Waals surface area (Å²) in [5.74, 6) is -0.704. The van der Waals surface area contributed by atoms with E-state index in [-0.39, 0.29) is 24.8 Å². The van der Waals surface area contributed by atoms with E-state index in [9.17, 15) is 4.79 Å². The van der Waals surface area contributed by atoms with Gasteiger partial charge in [0.25, 0.3) is 0 Å². The van der Waals surface area contributed by atoms with Gasteiger partial charge in [0.05, 0.1) is 19.8 Å². The van der Waals surface area contributed by atoms with Crippen molar-refractivity contribution in [3.8, 4) is 5.88 Å². The Balaban J connectivity index is 2.24. The molecule has 1 aromatic heterocycles. The lowest BCUT2D eigenvalue weighted by Gasteiger charge is -2.27. The van der Waals surface area contributed by atoms with Gasteiger partial charge in [-0.1, -0.05) is 0 Å². The highest BCUT2D eigenvalue weighted by atomic mass is 16.5. The van der Waals surface area contributed by atoms with Crippen molar-refractivity contribution in [1.82, 2.24) is 9.97 Å². The second-order valence-electron chi connectivity index (χ2n) is 3.87. The van der Waals surface area contributed by atoms with E-state index in [2.05, 4.69) is 9.97 Å². The molecule has 19 heavy (non-hydrogen) atoms. The van der Waals surface area contributed by atoms with Crippen molar-refractivity contribution in [3.05, 3.63) is 11.8 Å². The molecule has 1 fully saturated rings. The Hall–Kier alpha value is -1.93. The lowest BCUT2D eigenvalue weighted by molar-refractivity contribution is 0.0689. The number of ether oxygens (including phenoxy) is 2. The van der Waals surface area contributed by atoms with Crippen molar-refractivity contribution in [2.75, 3.05) is 44.4 Å². The number of rotatable bonds is 5. The molecule has 2 N–H and O–H groups in total. The van der Waals surface area contributed by atoms with Crippen LogP contribution in [-0.4, -0.2) is 65.7 Å². The number of anilines is 1. The molecule has 1 aromatic rings. The van der Waals surface area contributed by atoms with Crippen molar-refractivity contribution < 1.29 is 24.5 Å². The van der Waals surface area contributed by atoms with E-state index in [1.165, 1.54) is 6.07 Å². The molecule has 0 spiro atoms. The Morgan fingerprint density at radius 2 is 2.16 bits per heavy atom. The van der Waals surface area contributed by atoms with Crippen LogP contribution in [0.25, 0.3) is 0 Å². The number of carboxylic acids is 1. The molecule has 0 bridgehead atoms. The molecule has 8 heteroatoms. The number of carbonyl (C=O) groups is 1. The molecule has 1 saturated heterocycles. The number of hydrogen-bond donors (Lipinski definition) is 2. The number of aromatic nitrogens is 2. The summed E-state index contributed by atoms with van der Waals surface area (Å²) in [6, 6.07) is 1.24. The molecule has 0 unspecified atom stereocenters. The van der Waals surface area contributed by atoms with Crippen molar-refractivity contribution in [3.63, 3.8) is 0 Å². The minimum atomic E-state index is -1.15. The highest BCUT2D eigenvalue weighted by Crippen LogP contribution is 2.17. The molecule has 0 saturated carbocycles. The molecular weight excluding hydrogens is 254 g/mol. The summed E-state index contributed by atoms with van der Waals surface area (Å²) in [4.78, 5) is 21.0. The van der Waals surface area contributed by atoms with Gasteiger partial charge in [-0.05, 0) is 0 Å². The molecule has 0 atom stereocenters. The molecule has 2 rings (SSSR count). The Bertz CT molecular complexity index is 448. The third kappa shape index (κ3) is 3.52. The van der Waals surface area contributed by atoms with E-state index >= 15 is 0 Å². The molecule has 8 nitrogen and oxygen atoms in total. The van der Waals surface area contributed by atoms with E-state index in [1.54, 1.807) is 0 Å².